The number of thiocarbonyl (C=S) groups is 1. The van der Waals surface area contributed by atoms with Crippen LogP contribution in [0.1, 0.15) is 43.2 Å². The van der Waals surface area contributed by atoms with Gasteiger partial charge in [-0.25, -0.2) is 0 Å². The lowest BCUT2D eigenvalue weighted by atomic mass is 9.89. The van der Waals surface area contributed by atoms with E-state index < -0.39 is 0 Å². The fraction of sp³-hybridized carbons (Fsp3) is 0.500. The second-order valence-electron chi connectivity index (χ2n) is 5.49. The van der Waals surface area contributed by atoms with Gasteiger partial charge in [-0.15, -0.1) is 0 Å². The molecule has 20 heavy (non-hydrogen) atoms. The van der Waals surface area contributed by atoms with Crippen LogP contribution in [-0.4, -0.2) is 11.0 Å². The molecule has 0 heterocycles. The Morgan fingerprint density at radius 2 is 1.85 bits per heavy atom. The summed E-state index contributed by atoms with van der Waals surface area (Å²) in [5, 5.41) is 6.33. The summed E-state index contributed by atoms with van der Waals surface area (Å²) in [4.78, 5) is 12.0. The van der Waals surface area contributed by atoms with Crippen LogP contribution in [0.25, 0.3) is 0 Å². The molecule has 0 spiro atoms. The second-order valence-corrected chi connectivity index (χ2v) is 5.90. The van der Waals surface area contributed by atoms with E-state index in [0.717, 1.165) is 31.2 Å². The van der Waals surface area contributed by atoms with Crippen molar-refractivity contribution < 1.29 is 4.79 Å². The topological polar surface area (TPSA) is 41.1 Å². The standard InChI is InChI=1S/C16H22N2OS/c1-12-7-9-13(10-8-12)11-17-16(20)18-15(19)14-5-3-2-4-6-14/h7-10,14H,2-6,11H2,1H3,(H2,17,18,19,20). The molecule has 0 saturated heterocycles. The summed E-state index contributed by atoms with van der Waals surface area (Å²) in [6, 6.07) is 8.27. The number of benzene rings is 1. The van der Waals surface area contributed by atoms with Crippen molar-refractivity contribution in [1.29, 1.82) is 0 Å². The summed E-state index contributed by atoms with van der Waals surface area (Å²) in [5.74, 6) is 0.217. The molecule has 1 saturated carbocycles. The smallest absolute Gasteiger partial charge is 0.229 e. The summed E-state index contributed by atoms with van der Waals surface area (Å²) in [6.45, 7) is 2.70. The molecule has 108 valence electrons. The molecule has 1 aliphatic carbocycles. The lowest BCUT2D eigenvalue weighted by Crippen LogP contribution is -2.42. The zero-order valence-electron chi connectivity index (χ0n) is 11.9. The molecule has 0 radical (unpaired) electrons. The Kier molecular flexibility index (Phi) is 5.53. The molecule has 0 atom stereocenters. The van der Waals surface area contributed by atoms with E-state index in [1.54, 1.807) is 0 Å². The molecule has 1 fully saturated rings. The Bertz CT molecular complexity index is 464. The van der Waals surface area contributed by atoms with E-state index in [4.69, 9.17) is 12.2 Å². The monoisotopic (exact) mass is 290 g/mol. The summed E-state index contributed by atoms with van der Waals surface area (Å²) >= 11 is 5.18. The fourth-order valence-corrected chi connectivity index (χ4v) is 2.68. The third-order valence-corrected chi connectivity index (χ3v) is 4.03. The Morgan fingerprint density at radius 1 is 1.20 bits per heavy atom. The predicted octanol–water partition coefficient (Wildman–Crippen LogP) is 3.07. The number of nitrogens with one attached hydrogen (secondary N) is 2. The van der Waals surface area contributed by atoms with Gasteiger partial charge >= 0.3 is 0 Å². The molecule has 0 bridgehead atoms. The Labute approximate surface area is 126 Å². The van der Waals surface area contributed by atoms with Crippen LogP contribution in [0.15, 0.2) is 24.3 Å². The molecule has 2 rings (SSSR count). The molecule has 0 aliphatic heterocycles. The van der Waals surface area contributed by atoms with Crippen LogP contribution in [0, 0.1) is 12.8 Å². The summed E-state index contributed by atoms with van der Waals surface area (Å²) in [6.07, 6.45) is 5.54. The van der Waals surface area contributed by atoms with Gasteiger partial charge in [-0.3, -0.25) is 4.79 Å². The summed E-state index contributed by atoms with van der Waals surface area (Å²) < 4.78 is 0. The van der Waals surface area contributed by atoms with Gasteiger partial charge in [0.2, 0.25) is 5.91 Å². The van der Waals surface area contributed by atoms with Crippen LogP contribution in [0.4, 0.5) is 0 Å². The molecule has 3 nitrogen and oxygen atoms in total. The van der Waals surface area contributed by atoms with Crippen molar-refractivity contribution in [2.75, 3.05) is 0 Å². The molecule has 0 aromatic heterocycles. The fourth-order valence-electron chi connectivity index (χ4n) is 2.51. The van der Waals surface area contributed by atoms with Crippen molar-refractivity contribution in [3.05, 3.63) is 35.4 Å². The third-order valence-electron chi connectivity index (χ3n) is 3.79. The Morgan fingerprint density at radius 3 is 2.50 bits per heavy atom. The molecule has 0 unspecified atom stereocenters. The number of carbonyl (C=O) groups is 1. The minimum Gasteiger partial charge on any atom is -0.358 e. The van der Waals surface area contributed by atoms with Gasteiger partial charge in [0.25, 0.3) is 0 Å². The van der Waals surface area contributed by atoms with E-state index in [2.05, 4.69) is 41.8 Å². The maximum atomic E-state index is 12.0. The zero-order chi connectivity index (χ0) is 14.4. The second kappa shape index (κ2) is 7.39. The molecule has 1 aliphatic rings. The van der Waals surface area contributed by atoms with Crippen LogP contribution in [0.3, 0.4) is 0 Å². The highest BCUT2D eigenvalue weighted by Crippen LogP contribution is 2.23. The van der Waals surface area contributed by atoms with Crippen molar-refractivity contribution in [2.45, 2.75) is 45.6 Å². The molecule has 2 N–H and O–H groups in total. The zero-order valence-corrected chi connectivity index (χ0v) is 12.8. The number of aryl methyl sites for hydroxylation is 1. The van der Waals surface area contributed by atoms with E-state index in [0.29, 0.717) is 11.7 Å². The molecular formula is C16H22N2OS. The highest BCUT2D eigenvalue weighted by Gasteiger charge is 2.21. The quantitative estimate of drug-likeness (QED) is 0.841. The van der Waals surface area contributed by atoms with Crippen molar-refractivity contribution in [1.82, 2.24) is 10.6 Å². The molecular weight excluding hydrogens is 268 g/mol. The first-order valence-corrected chi connectivity index (χ1v) is 7.70. The largest absolute Gasteiger partial charge is 0.358 e. The summed E-state index contributed by atoms with van der Waals surface area (Å²) in [7, 11) is 0. The van der Waals surface area contributed by atoms with Gasteiger partial charge in [0.1, 0.15) is 0 Å². The normalized spacial score (nSPS) is 15.7. The van der Waals surface area contributed by atoms with Gasteiger partial charge < -0.3 is 10.6 Å². The molecule has 1 amide bonds. The Balaban J connectivity index is 1.74. The van der Waals surface area contributed by atoms with Gasteiger partial charge in [-0.2, -0.15) is 0 Å². The van der Waals surface area contributed by atoms with E-state index in [-0.39, 0.29) is 11.8 Å². The number of amides is 1. The Hall–Kier alpha value is -1.42. The average Bonchev–Trinajstić information content (AvgIpc) is 2.47. The minimum atomic E-state index is 0.0751. The number of rotatable bonds is 3. The third kappa shape index (κ3) is 4.60. The molecule has 1 aromatic rings. The van der Waals surface area contributed by atoms with Gasteiger partial charge in [-0.1, -0.05) is 49.1 Å². The first-order valence-electron chi connectivity index (χ1n) is 7.29. The van der Waals surface area contributed by atoms with Crippen molar-refractivity contribution in [3.8, 4) is 0 Å². The number of hydrogen-bond acceptors (Lipinski definition) is 2. The number of carbonyl (C=O) groups excluding carboxylic acids is 1. The maximum absolute atomic E-state index is 12.0. The molecule has 1 aromatic carbocycles. The van der Waals surface area contributed by atoms with E-state index in [9.17, 15) is 4.79 Å². The lowest BCUT2D eigenvalue weighted by Gasteiger charge is -2.21. The number of hydrogen-bond donors (Lipinski definition) is 2. The molecule has 4 heteroatoms. The van der Waals surface area contributed by atoms with Gasteiger partial charge in [-0.05, 0) is 37.5 Å². The lowest BCUT2D eigenvalue weighted by molar-refractivity contribution is -0.124. The van der Waals surface area contributed by atoms with Crippen molar-refractivity contribution in [2.24, 2.45) is 5.92 Å². The van der Waals surface area contributed by atoms with Crippen molar-refractivity contribution >= 4 is 23.2 Å². The predicted molar refractivity (Wildman–Crippen MR) is 85.3 cm³/mol. The SMILES string of the molecule is Cc1ccc(CNC(=S)NC(=O)C2CCCCC2)cc1. The first-order chi connectivity index (χ1) is 9.65. The van der Waals surface area contributed by atoms with E-state index in [1.165, 1.54) is 12.0 Å². The van der Waals surface area contributed by atoms with Crippen LogP contribution in [-0.2, 0) is 11.3 Å². The maximum Gasteiger partial charge on any atom is 0.229 e. The first kappa shape index (κ1) is 15.0. The summed E-state index contributed by atoms with van der Waals surface area (Å²) in [5.41, 5.74) is 2.40. The van der Waals surface area contributed by atoms with Gasteiger partial charge in [0, 0.05) is 12.5 Å². The average molecular weight is 290 g/mol. The highest BCUT2D eigenvalue weighted by molar-refractivity contribution is 7.80. The highest BCUT2D eigenvalue weighted by atomic mass is 32.1. The van der Waals surface area contributed by atoms with Crippen molar-refractivity contribution in [3.63, 3.8) is 0 Å². The van der Waals surface area contributed by atoms with Crippen LogP contribution < -0.4 is 10.6 Å². The van der Waals surface area contributed by atoms with Crippen LogP contribution in [0.5, 0.6) is 0 Å². The van der Waals surface area contributed by atoms with Crippen LogP contribution >= 0.6 is 12.2 Å². The minimum absolute atomic E-state index is 0.0751. The van der Waals surface area contributed by atoms with Crippen LogP contribution in [0.2, 0.25) is 0 Å². The van der Waals surface area contributed by atoms with E-state index >= 15 is 0 Å². The van der Waals surface area contributed by atoms with Gasteiger partial charge in [0.15, 0.2) is 5.11 Å². The van der Waals surface area contributed by atoms with E-state index in [1.807, 2.05) is 0 Å². The van der Waals surface area contributed by atoms with Gasteiger partial charge in [0.05, 0.1) is 0 Å².